The van der Waals surface area contributed by atoms with Crippen molar-refractivity contribution in [3.8, 4) is 0 Å². The molecule has 2 aromatic rings. The second-order valence-electron chi connectivity index (χ2n) is 7.10. The summed E-state index contributed by atoms with van der Waals surface area (Å²) in [7, 11) is 1.84. The molecule has 2 aliphatic heterocycles. The number of barbiturate groups is 1. The van der Waals surface area contributed by atoms with Gasteiger partial charge in [-0.05, 0) is 37.1 Å². The van der Waals surface area contributed by atoms with E-state index in [1.165, 1.54) is 0 Å². The Morgan fingerprint density at radius 3 is 2.56 bits per heavy atom. The smallest absolute Gasteiger partial charge is 0.335 e. The van der Waals surface area contributed by atoms with E-state index in [2.05, 4.69) is 5.32 Å². The third kappa shape index (κ3) is 2.59. The summed E-state index contributed by atoms with van der Waals surface area (Å²) in [4.78, 5) is 41.7. The van der Waals surface area contributed by atoms with Crippen LogP contribution >= 0.6 is 11.6 Å². The summed E-state index contributed by atoms with van der Waals surface area (Å²) in [5.74, 6) is -1.12. The highest BCUT2D eigenvalue weighted by Crippen LogP contribution is 2.41. The molecule has 2 aromatic carbocycles. The van der Waals surface area contributed by atoms with Crippen LogP contribution in [0.5, 0.6) is 0 Å². The van der Waals surface area contributed by atoms with Crippen molar-refractivity contribution < 1.29 is 14.4 Å². The largest absolute Gasteiger partial charge is 0.373 e. The van der Waals surface area contributed by atoms with E-state index in [0.29, 0.717) is 0 Å². The Bertz CT molecular complexity index is 990. The molecule has 1 saturated heterocycles. The standard InChI is InChI=1S/C20H18ClN3O3/c1-12-7-8-15-13(9-12)10-20(11-23(15)2)17(25)22-19(27)24(18(20)26)16-6-4-3-5-14(16)21/h3-9H,10-11H2,1-2H3,(H,22,25,27). The molecule has 0 saturated carbocycles. The minimum Gasteiger partial charge on any atom is -0.373 e. The molecule has 1 spiro atoms. The van der Waals surface area contributed by atoms with Gasteiger partial charge in [0.1, 0.15) is 0 Å². The third-order valence-corrected chi connectivity index (χ3v) is 5.53. The number of nitrogens with zero attached hydrogens (tertiary/aromatic N) is 2. The number of halogens is 1. The minimum absolute atomic E-state index is 0.183. The van der Waals surface area contributed by atoms with Crippen LogP contribution in [0.4, 0.5) is 16.2 Å². The summed E-state index contributed by atoms with van der Waals surface area (Å²) in [6, 6.07) is 11.8. The van der Waals surface area contributed by atoms with Gasteiger partial charge in [-0.3, -0.25) is 14.9 Å². The number of benzene rings is 2. The lowest BCUT2D eigenvalue weighted by Crippen LogP contribution is -2.68. The zero-order valence-corrected chi connectivity index (χ0v) is 15.7. The number of anilines is 2. The summed E-state index contributed by atoms with van der Waals surface area (Å²) in [6.45, 7) is 2.14. The first-order valence-corrected chi connectivity index (χ1v) is 8.96. The fourth-order valence-electron chi connectivity index (χ4n) is 3.92. The quantitative estimate of drug-likeness (QED) is 0.769. The van der Waals surface area contributed by atoms with E-state index in [9.17, 15) is 14.4 Å². The Hall–Kier alpha value is -2.86. The van der Waals surface area contributed by atoms with Gasteiger partial charge in [-0.15, -0.1) is 0 Å². The maximum absolute atomic E-state index is 13.5. The monoisotopic (exact) mass is 383 g/mol. The lowest BCUT2D eigenvalue weighted by molar-refractivity contribution is -0.142. The summed E-state index contributed by atoms with van der Waals surface area (Å²) >= 11 is 6.21. The Morgan fingerprint density at radius 1 is 1.07 bits per heavy atom. The molecule has 0 aromatic heterocycles. The van der Waals surface area contributed by atoms with Crippen LogP contribution in [0, 0.1) is 12.3 Å². The Labute approximate surface area is 161 Å². The molecule has 0 aliphatic carbocycles. The highest BCUT2D eigenvalue weighted by molar-refractivity contribution is 6.37. The first-order chi connectivity index (χ1) is 12.8. The molecule has 0 radical (unpaired) electrons. The van der Waals surface area contributed by atoms with Crippen LogP contribution in [0.3, 0.4) is 0 Å². The maximum Gasteiger partial charge on any atom is 0.335 e. The molecule has 1 unspecified atom stereocenters. The number of amides is 4. The Kier molecular flexibility index (Phi) is 3.96. The molecule has 2 heterocycles. The van der Waals surface area contributed by atoms with Gasteiger partial charge in [0.15, 0.2) is 5.41 Å². The molecule has 6 nitrogen and oxygen atoms in total. The molecule has 0 bridgehead atoms. The van der Waals surface area contributed by atoms with Crippen molar-refractivity contribution in [2.75, 3.05) is 23.4 Å². The van der Waals surface area contributed by atoms with Gasteiger partial charge in [-0.2, -0.15) is 0 Å². The molecule has 1 atom stereocenters. The van der Waals surface area contributed by atoms with Crippen LogP contribution in [0.1, 0.15) is 11.1 Å². The Morgan fingerprint density at radius 2 is 1.81 bits per heavy atom. The predicted octanol–water partition coefficient (Wildman–Crippen LogP) is 2.91. The van der Waals surface area contributed by atoms with E-state index >= 15 is 0 Å². The van der Waals surface area contributed by atoms with E-state index in [4.69, 9.17) is 11.6 Å². The zero-order valence-electron chi connectivity index (χ0n) is 15.0. The van der Waals surface area contributed by atoms with Gasteiger partial charge in [0.05, 0.1) is 10.7 Å². The highest BCUT2D eigenvalue weighted by Gasteiger charge is 2.56. The number of hydrogen-bond acceptors (Lipinski definition) is 4. The molecular formula is C20H18ClN3O3. The van der Waals surface area contributed by atoms with Gasteiger partial charge >= 0.3 is 6.03 Å². The molecule has 2 aliphatic rings. The molecule has 1 N–H and O–H groups in total. The van der Waals surface area contributed by atoms with E-state index in [0.717, 1.165) is 21.7 Å². The summed E-state index contributed by atoms with van der Waals surface area (Å²) < 4.78 is 0. The van der Waals surface area contributed by atoms with Crippen molar-refractivity contribution in [1.29, 1.82) is 0 Å². The number of fused-ring (bicyclic) bond motifs is 1. The highest BCUT2D eigenvalue weighted by atomic mass is 35.5. The predicted molar refractivity (Wildman–Crippen MR) is 103 cm³/mol. The van der Waals surface area contributed by atoms with E-state index in [1.54, 1.807) is 24.3 Å². The Balaban J connectivity index is 1.83. The minimum atomic E-state index is -1.39. The summed E-state index contributed by atoms with van der Waals surface area (Å²) in [5.41, 5.74) is 1.81. The third-order valence-electron chi connectivity index (χ3n) is 5.21. The van der Waals surface area contributed by atoms with Gasteiger partial charge in [0.25, 0.3) is 5.91 Å². The van der Waals surface area contributed by atoms with Crippen molar-refractivity contribution in [1.82, 2.24) is 5.32 Å². The van der Waals surface area contributed by atoms with Gasteiger partial charge in [-0.25, -0.2) is 9.69 Å². The molecule has 4 rings (SSSR count). The van der Waals surface area contributed by atoms with Crippen LogP contribution in [-0.2, 0) is 16.0 Å². The van der Waals surface area contributed by atoms with Crippen LogP contribution in [-0.4, -0.2) is 31.4 Å². The van der Waals surface area contributed by atoms with Crippen molar-refractivity contribution >= 4 is 40.8 Å². The molecule has 138 valence electrons. The lowest BCUT2D eigenvalue weighted by Gasteiger charge is -2.45. The number of para-hydroxylation sites is 1. The topological polar surface area (TPSA) is 69.7 Å². The maximum atomic E-state index is 13.5. The molecular weight excluding hydrogens is 366 g/mol. The molecule has 1 fully saturated rings. The number of imide groups is 2. The van der Waals surface area contributed by atoms with E-state index in [1.807, 2.05) is 37.1 Å². The zero-order chi connectivity index (χ0) is 19.3. The van der Waals surface area contributed by atoms with E-state index < -0.39 is 23.3 Å². The van der Waals surface area contributed by atoms with Gasteiger partial charge in [-0.1, -0.05) is 41.4 Å². The molecule has 27 heavy (non-hydrogen) atoms. The molecule has 4 amide bonds. The van der Waals surface area contributed by atoms with Gasteiger partial charge in [0, 0.05) is 19.3 Å². The SMILES string of the molecule is Cc1ccc2c(c1)CC1(CN2C)C(=O)NC(=O)N(c2ccccc2Cl)C1=O. The van der Waals surface area contributed by atoms with Crippen LogP contribution in [0.15, 0.2) is 42.5 Å². The average Bonchev–Trinajstić information content (AvgIpc) is 2.61. The number of aryl methyl sites for hydroxylation is 1. The van der Waals surface area contributed by atoms with Crippen molar-refractivity contribution in [2.24, 2.45) is 5.41 Å². The number of hydrogen-bond donors (Lipinski definition) is 1. The van der Waals surface area contributed by atoms with Gasteiger partial charge < -0.3 is 4.90 Å². The number of urea groups is 1. The number of rotatable bonds is 1. The fourth-order valence-corrected chi connectivity index (χ4v) is 4.14. The lowest BCUT2D eigenvalue weighted by atomic mass is 9.74. The number of carbonyl (C=O) groups is 3. The normalized spacial score (nSPS) is 22.1. The van der Waals surface area contributed by atoms with Crippen molar-refractivity contribution in [3.05, 3.63) is 58.6 Å². The second kappa shape index (κ2) is 6.09. The van der Waals surface area contributed by atoms with Crippen molar-refractivity contribution in [2.45, 2.75) is 13.3 Å². The van der Waals surface area contributed by atoms with Crippen molar-refractivity contribution in [3.63, 3.8) is 0 Å². The van der Waals surface area contributed by atoms with Crippen LogP contribution < -0.4 is 15.1 Å². The first kappa shape index (κ1) is 17.5. The fraction of sp³-hybridized carbons (Fsp3) is 0.250. The average molecular weight is 384 g/mol. The van der Waals surface area contributed by atoms with E-state index in [-0.39, 0.29) is 23.7 Å². The second-order valence-corrected chi connectivity index (χ2v) is 7.51. The van der Waals surface area contributed by atoms with Gasteiger partial charge in [0.2, 0.25) is 5.91 Å². The summed E-state index contributed by atoms with van der Waals surface area (Å²) in [6.07, 6.45) is 0.229. The first-order valence-electron chi connectivity index (χ1n) is 8.59. The van der Waals surface area contributed by atoms with Crippen LogP contribution in [0.2, 0.25) is 5.02 Å². The molecule has 7 heteroatoms. The number of nitrogens with one attached hydrogen (secondary N) is 1. The summed E-state index contributed by atoms with van der Waals surface area (Å²) in [5, 5.41) is 2.62. The number of carbonyl (C=O) groups excluding carboxylic acids is 3. The van der Waals surface area contributed by atoms with Crippen LogP contribution in [0.25, 0.3) is 0 Å².